The van der Waals surface area contributed by atoms with Gasteiger partial charge in [0.05, 0.1) is 0 Å². The molecule has 0 aliphatic carbocycles. The summed E-state index contributed by atoms with van der Waals surface area (Å²) in [5.74, 6) is 0. The van der Waals surface area contributed by atoms with Gasteiger partial charge >= 0.3 is 0 Å². The van der Waals surface area contributed by atoms with Crippen molar-refractivity contribution >= 4 is 0 Å². The molecule has 1 rings (SSSR count). The quantitative estimate of drug-likeness (QED) is 0.611. The molecule has 0 amide bonds. The Morgan fingerprint density at radius 3 is 2.17 bits per heavy atom. The van der Waals surface area contributed by atoms with E-state index >= 15 is 0 Å². The van der Waals surface area contributed by atoms with Crippen LogP contribution in [0.25, 0.3) is 0 Å². The Bertz CT molecular complexity index is 125. The second kappa shape index (κ2) is 4.27. The predicted octanol–water partition coefficient (Wildman–Crippen LogP) is 2.91. The fraction of sp³-hybridized carbons (Fsp3) is 1.00. The Kier molecular flexibility index (Phi) is 3.57. The van der Waals surface area contributed by atoms with E-state index in [1.54, 1.807) is 0 Å². The number of hydrogen-bond donors (Lipinski definition) is 0. The van der Waals surface area contributed by atoms with E-state index in [1.807, 2.05) is 0 Å². The van der Waals surface area contributed by atoms with Gasteiger partial charge in [0.1, 0.15) is 0 Å². The molecule has 0 unspecified atom stereocenters. The zero-order valence-corrected chi connectivity index (χ0v) is 8.90. The summed E-state index contributed by atoms with van der Waals surface area (Å²) >= 11 is 0. The second-order valence-electron chi connectivity index (χ2n) is 4.31. The Morgan fingerprint density at radius 2 is 1.75 bits per heavy atom. The molecule has 1 aliphatic rings. The molecule has 1 fully saturated rings. The maximum absolute atomic E-state index is 2.60. The van der Waals surface area contributed by atoms with Gasteiger partial charge in [-0.05, 0) is 31.2 Å². The highest BCUT2D eigenvalue weighted by Gasteiger charge is 2.39. The van der Waals surface area contributed by atoms with E-state index in [0.717, 1.165) is 0 Å². The lowest BCUT2D eigenvalue weighted by molar-refractivity contribution is -0.00976. The van der Waals surface area contributed by atoms with E-state index in [0.29, 0.717) is 5.41 Å². The van der Waals surface area contributed by atoms with Crippen molar-refractivity contribution in [3.63, 3.8) is 0 Å². The van der Waals surface area contributed by atoms with Gasteiger partial charge in [-0.1, -0.05) is 27.2 Å². The first-order valence-corrected chi connectivity index (χ1v) is 5.48. The minimum absolute atomic E-state index is 0.712. The third-order valence-corrected chi connectivity index (χ3v) is 3.19. The molecule has 1 heteroatoms. The van der Waals surface area contributed by atoms with Gasteiger partial charge in [-0.3, -0.25) is 0 Å². The third-order valence-electron chi connectivity index (χ3n) is 3.19. The van der Waals surface area contributed by atoms with Crippen molar-refractivity contribution < 1.29 is 0 Å². The first kappa shape index (κ1) is 10.0. The summed E-state index contributed by atoms with van der Waals surface area (Å²) in [6.07, 6.45) is 5.48. The molecule has 0 saturated carbocycles. The minimum Gasteiger partial charge on any atom is -0.302 e. The Hall–Kier alpha value is -0.0400. The molecular weight excluding hydrogens is 146 g/mol. The van der Waals surface area contributed by atoms with E-state index in [4.69, 9.17) is 0 Å². The van der Waals surface area contributed by atoms with Gasteiger partial charge < -0.3 is 4.90 Å². The minimum atomic E-state index is 0.712. The predicted molar refractivity (Wildman–Crippen MR) is 54.4 cm³/mol. The molecule has 0 atom stereocenters. The smallest absolute Gasteiger partial charge is 0.00504 e. The largest absolute Gasteiger partial charge is 0.302 e. The average Bonchev–Trinajstić information content (AvgIpc) is 2.01. The van der Waals surface area contributed by atoms with Crippen LogP contribution in [0.2, 0.25) is 0 Å². The molecule has 0 radical (unpaired) electrons. The molecule has 1 saturated heterocycles. The van der Waals surface area contributed by atoms with Gasteiger partial charge in [0.25, 0.3) is 0 Å². The number of likely N-dealkylation sites (tertiary alicyclic amines) is 1. The molecule has 1 aliphatic heterocycles. The SMILES string of the molecule is CCCN1CC(CC)(CCC)C1. The van der Waals surface area contributed by atoms with Crippen molar-refractivity contribution in [3.05, 3.63) is 0 Å². The number of hydrogen-bond acceptors (Lipinski definition) is 1. The van der Waals surface area contributed by atoms with E-state index in [2.05, 4.69) is 25.7 Å². The van der Waals surface area contributed by atoms with Crippen LogP contribution in [0.3, 0.4) is 0 Å². The van der Waals surface area contributed by atoms with Gasteiger partial charge in [0.2, 0.25) is 0 Å². The normalized spacial score (nSPS) is 22.2. The maximum Gasteiger partial charge on any atom is 0.00504 e. The number of rotatable bonds is 5. The molecule has 72 valence electrons. The van der Waals surface area contributed by atoms with Crippen LogP contribution in [0.15, 0.2) is 0 Å². The van der Waals surface area contributed by atoms with Crippen LogP contribution < -0.4 is 0 Å². The van der Waals surface area contributed by atoms with E-state index in [-0.39, 0.29) is 0 Å². The van der Waals surface area contributed by atoms with Crippen LogP contribution >= 0.6 is 0 Å². The van der Waals surface area contributed by atoms with Crippen molar-refractivity contribution in [3.8, 4) is 0 Å². The van der Waals surface area contributed by atoms with Crippen molar-refractivity contribution in [1.82, 2.24) is 4.90 Å². The highest BCUT2D eigenvalue weighted by atomic mass is 15.2. The maximum atomic E-state index is 2.60. The van der Waals surface area contributed by atoms with Crippen molar-refractivity contribution in [1.29, 1.82) is 0 Å². The summed E-state index contributed by atoms with van der Waals surface area (Å²) < 4.78 is 0. The number of nitrogens with zero attached hydrogens (tertiary/aromatic N) is 1. The summed E-state index contributed by atoms with van der Waals surface area (Å²) in [5.41, 5.74) is 0.712. The first-order chi connectivity index (χ1) is 5.76. The third kappa shape index (κ3) is 2.01. The molecule has 0 bridgehead atoms. The van der Waals surface area contributed by atoms with Crippen molar-refractivity contribution in [2.45, 2.75) is 46.5 Å². The van der Waals surface area contributed by atoms with Crippen LogP contribution in [0.4, 0.5) is 0 Å². The summed E-state index contributed by atoms with van der Waals surface area (Å²) in [7, 11) is 0. The first-order valence-electron chi connectivity index (χ1n) is 5.48. The van der Waals surface area contributed by atoms with Gasteiger partial charge in [-0.2, -0.15) is 0 Å². The Balaban J connectivity index is 2.25. The lowest BCUT2D eigenvalue weighted by Gasteiger charge is -2.50. The lowest BCUT2D eigenvalue weighted by Crippen LogP contribution is -2.55. The molecule has 1 nitrogen and oxygen atoms in total. The molecule has 12 heavy (non-hydrogen) atoms. The summed E-state index contributed by atoms with van der Waals surface area (Å²) in [6.45, 7) is 11.0. The van der Waals surface area contributed by atoms with Gasteiger partial charge in [0.15, 0.2) is 0 Å². The Morgan fingerprint density at radius 1 is 1.08 bits per heavy atom. The monoisotopic (exact) mass is 169 g/mol. The topological polar surface area (TPSA) is 3.24 Å². The standard InChI is InChI=1S/C11H23N/c1-4-7-11(6-3)9-12(10-11)8-5-2/h4-10H2,1-3H3. The van der Waals surface area contributed by atoms with E-state index < -0.39 is 0 Å². The zero-order valence-electron chi connectivity index (χ0n) is 8.90. The van der Waals surface area contributed by atoms with Crippen LogP contribution in [0.1, 0.15) is 46.5 Å². The second-order valence-corrected chi connectivity index (χ2v) is 4.31. The van der Waals surface area contributed by atoms with Crippen molar-refractivity contribution in [2.24, 2.45) is 5.41 Å². The average molecular weight is 169 g/mol. The molecule has 0 N–H and O–H groups in total. The molecule has 0 aromatic heterocycles. The molecule has 0 spiro atoms. The van der Waals surface area contributed by atoms with E-state index in [9.17, 15) is 0 Å². The summed E-state index contributed by atoms with van der Waals surface area (Å²) in [5, 5.41) is 0. The summed E-state index contributed by atoms with van der Waals surface area (Å²) in [6, 6.07) is 0. The highest BCUT2D eigenvalue weighted by Crippen LogP contribution is 2.37. The van der Waals surface area contributed by atoms with Crippen LogP contribution in [-0.4, -0.2) is 24.5 Å². The molecule has 1 heterocycles. The highest BCUT2D eigenvalue weighted by molar-refractivity contribution is 4.93. The van der Waals surface area contributed by atoms with Gasteiger partial charge in [0, 0.05) is 13.1 Å². The van der Waals surface area contributed by atoms with Gasteiger partial charge in [-0.15, -0.1) is 0 Å². The molecule has 0 aromatic rings. The summed E-state index contributed by atoms with van der Waals surface area (Å²) in [4.78, 5) is 2.60. The lowest BCUT2D eigenvalue weighted by atomic mass is 9.74. The molecule has 0 aromatic carbocycles. The van der Waals surface area contributed by atoms with Crippen LogP contribution in [0.5, 0.6) is 0 Å². The Labute approximate surface area is 77.1 Å². The zero-order chi connectivity index (χ0) is 9.03. The fourth-order valence-electron chi connectivity index (χ4n) is 2.47. The van der Waals surface area contributed by atoms with Gasteiger partial charge in [-0.25, -0.2) is 0 Å². The van der Waals surface area contributed by atoms with Crippen LogP contribution in [-0.2, 0) is 0 Å². The van der Waals surface area contributed by atoms with Crippen LogP contribution in [0, 0.1) is 5.41 Å². The van der Waals surface area contributed by atoms with E-state index in [1.165, 1.54) is 45.3 Å². The fourth-order valence-corrected chi connectivity index (χ4v) is 2.47. The molecular formula is C11H23N. The van der Waals surface area contributed by atoms with Crippen molar-refractivity contribution in [2.75, 3.05) is 19.6 Å².